The zero-order valence-electron chi connectivity index (χ0n) is 13.4. The third kappa shape index (κ3) is 3.38. The molecule has 0 amide bonds. The highest BCUT2D eigenvalue weighted by Gasteiger charge is 2.09. The van der Waals surface area contributed by atoms with Crippen molar-refractivity contribution in [2.75, 3.05) is 5.73 Å². The molecule has 5 N–H and O–H groups in total. The minimum absolute atomic E-state index is 0.108. The molecule has 4 aromatic rings. The minimum Gasteiger partial charge on any atom is -0.481 e. The quantitative estimate of drug-likeness (QED) is 0.439. The van der Waals surface area contributed by atoms with E-state index < -0.39 is 5.97 Å². The first-order valence-electron chi connectivity index (χ1n) is 7.56. The summed E-state index contributed by atoms with van der Waals surface area (Å²) in [5.74, 6) is -0.745. The highest BCUT2D eigenvalue weighted by atomic mass is 32.1. The van der Waals surface area contributed by atoms with Gasteiger partial charge in [-0.15, -0.1) is 11.3 Å². The first-order valence-corrected chi connectivity index (χ1v) is 8.44. The summed E-state index contributed by atoms with van der Waals surface area (Å²) in [4.78, 5) is 31.4. The van der Waals surface area contributed by atoms with Gasteiger partial charge in [0.1, 0.15) is 5.52 Å². The molecule has 0 bridgehead atoms. The number of H-pyrrole nitrogens is 2. The van der Waals surface area contributed by atoms with Gasteiger partial charge in [-0.3, -0.25) is 9.59 Å². The highest BCUT2D eigenvalue weighted by Crippen LogP contribution is 2.28. The Morgan fingerprint density at radius 1 is 1.32 bits per heavy atom. The monoisotopic (exact) mass is 356 g/mol. The van der Waals surface area contributed by atoms with Gasteiger partial charge in [0.2, 0.25) is 0 Å². The number of hydrogen-bond acceptors (Lipinski definition) is 5. The molecule has 0 unspecified atom stereocenters. The van der Waals surface area contributed by atoms with Crippen molar-refractivity contribution in [2.24, 2.45) is 0 Å². The number of rotatable bonds is 2. The number of nitrogens with two attached hydrogens (primary N) is 1. The number of fused-ring (bicyclic) bond motifs is 3. The van der Waals surface area contributed by atoms with E-state index in [-0.39, 0.29) is 12.0 Å². The summed E-state index contributed by atoms with van der Waals surface area (Å²) in [6.07, 6.45) is 1.99. The van der Waals surface area contributed by atoms with Crippen molar-refractivity contribution < 1.29 is 9.90 Å². The molecule has 4 rings (SSSR count). The molecule has 0 radical (unpaired) electrons. The molecular weight excluding hydrogens is 340 g/mol. The number of carboxylic acid groups (broad SMARTS) is 1. The highest BCUT2D eigenvalue weighted by molar-refractivity contribution is 7.13. The van der Waals surface area contributed by atoms with Gasteiger partial charge >= 0.3 is 5.97 Å². The number of carboxylic acids is 1. The predicted octanol–water partition coefficient (Wildman–Crippen LogP) is 3.20. The molecule has 0 aliphatic carbocycles. The number of nitrogen functional groups attached to an aromatic ring is 1. The zero-order valence-corrected chi connectivity index (χ0v) is 14.2. The Labute approximate surface area is 146 Å². The van der Waals surface area contributed by atoms with Crippen molar-refractivity contribution >= 4 is 44.2 Å². The van der Waals surface area contributed by atoms with Crippen LogP contribution in [0.1, 0.15) is 13.3 Å². The molecule has 0 saturated heterocycles. The molecule has 128 valence electrons. The number of benzene rings is 1. The average molecular weight is 356 g/mol. The maximum atomic E-state index is 11.9. The second-order valence-electron chi connectivity index (χ2n) is 5.30. The first kappa shape index (κ1) is 16.7. The van der Waals surface area contributed by atoms with Gasteiger partial charge < -0.3 is 20.8 Å². The molecule has 25 heavy (non-hydrogen) atoms. The molecule has 7 nitrogen and oxygen atoms in total. The number of aromatic nitrogens is 3. The zero-order chi connectivity index (χ0) is 18.0. The molecule has 0 aliphatic rings. The molecule has 0 aliphatic heterocycles. The summed E-state index contributed by atoms with van der Waals surface area (Å²) >= 11 is 1.42. The SMILES string of the molecule is CCC(=O)O.Nc1nc(-c2ccc3[nH]c(=O)c4[nH]ccc4c3c2)cs1. The van der Waals surface area contributed by atoms with Crippen molar-refractivity contribution in [1.29, 1.82) is 0 Å². The van der Waals surface area contributed by atoms with Crippen LogP contribution >= 0.6 is 11.3 Å². The number of thiazole rings is 1. The number of carbonyl (C=O) groups is 1. The van der Waals surface area contributed by atoms with Crippen molar-refractivity contribution in [1.82, 2.24) is 15.0 Å². The molecule has 1 aromatic carbocycles. The Morgan fingerprint density at radius 3 is 2.72 bits per heavy atom. The van der Waals surface area contributed by atoms with Crippen LogP contribution in [0.15, 0.2) is 40.6 Å². The van der Waals surface area contributed by atoms with Gasteiger partial charge in [-0.25, -0.2) is 4.98 Å². The lowest BCUT2D eigenvalue weighted by molar-refractivity contribution is -0.136. The van der Waals surface area contributed by atoms with Crippen LogP contribution in [0.5, 0.6) is 0 Å². The van der Waals surface area contributed by atoms with Gasteiger partial charge in [0.15, 0.2) is 5.13 Å². The Balaban J connectivity index is 0.000000324. The predicted molar refractivity (Wildman–Crippen MR) is 99.9 cm³/mol. The van der Waals surface area contributed by atoms with Crippen LogP contribution in [0, 0.1) is 0 Å². The Kier molecular flexibility index (Phi) is 4.53. The van der Waals surface area contributed by atoms with E-state index in [2.05, 4.69) is 15.0 Å². The second kappa shape index (κ2) is 6.78. The van der Waals surface area contributed by atoms with Crippen LogP contribution in [-0.2, 0) is 4.79 Å². The van der Waals surface area contributed by atoms with E-state index in [0.717, 1.165) is 27.5 Å². The number of hydrogen-bond donors (Lipinski definition) is 4. The molecule has 0 saturated carbocycles. The summed E-state index contributed by atoms with van der Waals surface area (Å²) < 4.78 is 0. The van der Waals surface area contributed by atoms with E-state index in [9.17, 15) is 9.59 Å². The average Bonchev–Trinajstić information content (AvgIpc) is 3.25. The van der Waals surface area contributed by atoms with Crippen molar-refractivity contribution in [3.63, 3.8) is 0 Å². The largest absolute Gasteiger partial charge is 0.481 e. The molecule has 3 heterocycles. The third-order valence-electron chi connectivity index (χ3n) is 3.65. The van der Waals surface area contributed by atoms with E-state index in [1.807, 2.05) is 29.6 Å². The fourth-order valence-electron chi connectivity index (χ4n) is 2.42. The van der Waals surface area contributed by atoms with Crippen LogP contribution < -0.4 is 11.3 Å². The van der Waals surface area contributed by atoms with Gasteiger partial charge in [-0.2, -0.15) is 0 Å². The lowest BCUT2D eigenvalue weighted by Crippen LogP contribution is -2.05. The van der Waals surface area contributed by atoms with Crippen LogP contribution in [0.3, 0.4) is 0 Å². The van der Waals surface area contributed by atoms with Crippen LogP contribution in [-0.4, -0.2) is 26.0 Å². The first-order chi connectivity index (χ1) is 12.0. The summed E-state index contributed by atoms with van der Waals surface area (Å²) in [6, 6.07) is 7.77. The van der Waals surface area contributed by atoms with E-state index in [1.165, 1.54) is 11.3 Å². The Hall–Kier alpha value is -3.13. The molecule has 0 fully saturated rings. The lowest BCUT2D eigenvalue weighted by Gasteiger charge is -2.03. The van der Waals surface area contributed by atoms with Crippen LogP contribution in [0.4, 0.5) is 5.13 Å². The van der Waals surface area contributed by atoms with Crippen LogP contribution in [0.25, 0.3) is 33.1 Å². The summed E-state index contributed by atoms with van der Waals surface area (Å²) in [5.41, 5.74) is 8.81. The smallest absolute Gasteiger partial charge is 0.303 e. The van der Waals surface area contributed by atoms with E-state index >= 15 is 0 Å². The summed E-state index contributed by atoms with van der Waals surface area (Å²) in [7, 11) is 0. The topological polar surface area (TPSA) is 125 Å². The number of pyridine rings is 1. The number of aromatic amines is 2. The van der Waals surface area contributed by atoms with Crippen LogP contribution in [0.2, 0.25) is 0 Å². The molecule has 8 heteroatoms. The Bertz CT molecular complexity index is 1110. The molecule has 3 aromatic heterocycles. The maximum Gasteiger partial charge on any atom is 0.303 e. The fraction of sp³-hybridized carbons (Fsp3) is 0.118. The van der Waals surface area contributed by atoms with Gasteiger partial charge in [0, 0.05) is 39.9 Å². The minimum atomic E-state index is -0.745. The summed E-state index contributed by atoms with van der Waals surface area (Å²) in [6.45, 7) is 1.60. The Morgan fingerprint density at radius 2 is 2.08 bits per heavy atom. The second-order valence-corrected chi connectivity index (χ2v) is 6.19. The van der Waals surface area contributed by atoms with E-state index in [1.54, 1.807) is 13.1 Å². The fourth-order valence-corrected chi connectivity index (χ4v) is 2.99. The number of nitrogens with one attached hydrogen (secondary N) is 2. The van der Waals surface area contributed by atoms with Crippen molar-refractivity contribution in [3.05, 3.63) is 46.2 Å². The van der Waals surface area contributed by atoms with Gasteiger partial charge in [-0.1, -0.05) is 13.0 Å². The van der Waals surface area contributed by atoms with Gasteiger partial charge in [-0.05, 0) is 18.2 Å². The number of aliphatic carboxylic acids is 1. The van der Waals surface area contributed by atoms with E-state index in [4.69, 9.17) is 10.8 Å². The molecule has 0 atom stereocenters. The molecular formula is C17H16N4O3S. The van der Waals surface area contributed by atoms with Crippen molar-refractivity contribution in [2.45, 2.75) is 13.3 Å². The number of nitrogens with zero attached hydrogens (tertiary/aromatic N) is 1. The normalized spacial score (nSPS) is 10.6. The third-order valence-corrected chi connectivity index (χ3v) is 4.33. The van der Waals surface area contributed by atoms with E-state index in [0.29, 0.717) is 10.6 Å². The van der Waals surface area contributed by atoms with Crippen molar-refractivity contribution in [3.8, 4) is 11.3 Å². The molecule has 0 spiro atoms. The maximum absolute atomic E-state index is 11.9. The standard InChI is InChI=1S/C14H10N4OS.C3H6O2/c15-14-18-11(6-20-14)7-1-2-10-9(5-7)8-3-4-16-12(8)13(19)17-10;1-2-3(4)5/h1-6,16H,(H2,15,18)(H,17,19);2H2,1H3,(H,4,5). The number of anilines is 1. The summed E-state index contributed by atoms with van der Waals surface area (Å²) in [5, 5.41) is 12.1. The van der Waals surface area contributed by atoms with Gasteiger partial charge in [0.25, 0.3) is 5.56 Å². The van der Waals surface area contributed by atoms with Gasteiger partial charge in [0.05, 0.1) is 5.69 Å². The lowest BCUT2D eigenvalue weighted by atomic mass is 10.1.